The molecule has 1 unspecified atom stereocenters. The summed E-state index contributed by atoms with van der Waals surface area (Å²) in [5, 5.41) is 6.14. The van der Waals surface area contributed by atoms with Gasteiger partial charge in [-0.25, -0.2) is 0 Å². The van der Waals surface area contributed by atoms with E-state index in [9.17, 15) is 4.79 Å². The van der Waals surface area contributed by atoms with Gasteiger partial charge in [0.25, 0.3) is 0 Å². The van der Waals surface area contributed by atoms with Crippen molar-refractivity contribution in [1.82, 2.24) is 5.32 Å². The first kappa shape index (κ1) is 12.1. The molecule has 4 heteroatoms. The number of benzene rings is 1. The second-order valence-electron chi connectivity index (χ2n) is 4.31. The summed E-state index contributed by atoms with van der Waals surface area (Å²) in [5.74, 6) is 0.0306. The summed E-state index contributed by atoms with van der Waals surface area (Å²) in [6, 6.07) is 5.80. The SMILES string of the molecule is COCCCNC1C(=O)Nc2ccc(C)cc21. The molecule has 4 nitrogen and oxygen atoms in total. The molecule has 1 aliphatic heterocycles. The Morgan fingerprint density at radius 2 is 2.29 bits per heavy atom. The summed E-state index contributed by atoms with van der Waals surface area (Å²) in [6.45, 7) is 3.52. The van der Waals surface area contributed by atoms with E-state index >= 15 is 0 Å². The molecule has 1 amide bonds. The lowest BCUT2D eigenvalue weighted by Crippen LogP contribution is -2.28. The molecule has 17 heavy (non-hydrogen) atoms. The fourth-order valence-electron chi connectivity index (χ4n) is 2.05. The molecule has 2 N–H and O–H groups in total. The molecular weight excluding hydrogens is 216 g/mol. The van der Waals surface area contributed by atoms with Gasteiger partial charge in [-0.3, -0.25) is 4.79 Å². The summed E-state index contributed by atoms with van der Waals surface area (Å²) in [5.41, 5.74) is 3.14. The molecule has 0 aromatic heterocycles. The van der Waals surface area contributed by atoms with Gasteiger partial charge in [0, 0.05) is 25.0 Å². The molecule has 0 spiro atoms. The van der Waals surface area contributed by atoms with Crippen LogP contribution in [0.25, 0.3) is 0 Å². The molecule has 1 aromatic carbocycles. The van der Waals surface area contributed by atoms with Crippen LogP contribution in [0, 0.1) is 6.92 Å². The monoisotopic (exact) mass is 234 g/mol. The summed E-state index contributed by atoms with van der Waals surface area (Å²) >= 11 is 0. The van der Waals surface area contributed by atoms with Crippen LogP contribution < -0.4 is 10.6 Å². The first-order valence-electron chi connectivity index (χ1n) is 5.86. The fraction of sp³-hybridized carbons (Fsp3) is 0.462. The third kappa shape index (κ3) is 2.65. The van der Waals surface area contributed by atoms with Crippen LogP contribution in [0.4, 0.5) is 5.69 Å². The van der Waals surface area contributed by atoms with Crippen LogP contribution in [0.15, 0.2) is 18.2 Å². The van der Waals surface area contributed by atoms with Gasteiger partial charge in [0.15, 0.2) is 0 Å². The van der Waals surface area contributed by atoms with Crippen molar-refractivity contribution in [3.8, 4) is 0 Å². The van der Waals surface area contributed by atoms with Gasteiger partial charge < -0.3 is 15.4 Å². The number of carbonyl (C=O) groups excluding carboxylic acids is 1. The number of carbonyl (C=O) groups is 1. The Morgan fingerprint density at radius 3 is 3.06 bits per heavy atom. The van der Waals surface area contributed by atoms with Gasteiger partial charge in [-0.1, -0.05) is 17.7 Å². The van der Waals surface area contributed by atoms with Crippen LogP contribution in [0.2, 0.25) is 0 Å². The molecule has 1 aromatic rings. The fourth-order valence-corrected chi connectivity index (χ4v) is 2.05. The lowest BCUT2D eigenvalue weighted by atomic mass is 10.1. The molecule has 2 rings (SSSR count). The second-order valence-corrected chi connectivity index (χ2v) is 4.31. The Balaban J connectivity index is 2.03. The van der Waals surface area contributed by atoms with Gasteiger partial charge in [0.05, 0.1) is 0 Å². The number of anilines is 1. The van der Waals surface area contributed by atoms with Crippen molar-refractivity contribution < 1.29 is 9.53 Å². The Morgan fingerprint density at radius 1 is 1.47 bits per heavy atom. The van der Waals surface area contributed by atoms with Crippen molar-refractivity contribution in [1.29, 1.82) is 0 Å². The van der Waals surface area contributed by atoms with E-state index in [1.807, 2.05) is 19.1 Å². The topological polar surface area (TPSA) is 50.4 Å². The lowest BCUT2D eigenvalue weighted by Gasteiger charge is -2.11. The minimum absolute atomic E-state index is 0.0306. The van der Waals surface area contributed by atoms with Crippen LogP contribution in [0.3, 0.4) is 0 Å². The van der Waals surface area contributed by atoms with E-state index in [0.717, 1.165) is 24.2 Å². The highest BCUT2D eigenvalue weighted by atomic mass is 16.5. The Kier molecular flexibility index (Phi) is 3.76. The van der Waals surface area contributed by atoms with Gasteiger partial charge in [-0.2, -0.15) is 0 Å². The summed E-state index contributed by atoms with van der Waals surface area (Å²) in [6.07, 6.45) is 0.904. The number of amides is 1. The highest BCUT2D eigenvalue weighted by Gasteiger charge is 2.29. The minimum atomic E-state index is -0.221. The predicted octanol–water partition coefficient (Wildman–Crippen LogP) is 1.61. The van der Waals surface area contributed by atoms with Gasteiger partial charge in [-0.05, 0) is 26.0 Å². The molecule has 0 radical (unpaired) electrons. The van der Waals surface area contributed by atoms with E-state index in [4.69, 9.17) is 4.74 Å². The molecular formula is C13H18N2O2. The van der Waals surface area contributed by atoms with Crippen LogP contribution in [0.5, 0.6) is 0 Å². The lowest BCUT2D eigenvalue weighted by molar-refractivity contribution is -0.117. The molecule has 0 bridgehead atoms. The number of hydrogen-bond acceptors (Lipinski definition) is 3. The van der Waals surface area contributed by atoms with Gasteiger partial charge >= 0.3 is 0 Å². The molecule has 0 aliphatic carbocycles. The zero-order valence-electron chi connectivity index (χ0n) is 10.2. The number of rotatable bonds is 5. The standard InChI is InChI=1S/C13H18N2O2/c1-9-4-5-11-10(8-9)12(13(16)15-11)14-6-3-7-17-2/h4-5,8,12,14H,3,6-7H2,1-2H3,(H,15,16). The zero-order chi connectivity index (χ0) is 12.3. The van der Waals surface area contributed by atoms with Crippen molar-refractivity contribution in [3.05, 3.63) is 29.3 Å². The van der Waals surface area contributed by atoms with Crippen molar-refractivity contribution in [2.45, 2.75) is 19.4 Å². The molecule has 92 valence electrons. The number of nitrogens with one attached hydrogen (secondary N) is 2. The second kappa shape index (κ2) is 5.29. The maximum Gasteiger partial charge on any atom is 0.246 e. The summed E-state index contributed by atoms with van der Waals surface area (Å²) in [7, 11) is 1.68. The van der Waals surface area contributed by atoms with Crippen molar-refractivity contribution in [2.75, 3.05) is 25.6 Å². The average molecular weight is 234 g/mol. The smallest absolute Gasteiger partial charge is 0.246 e. The third-order valence-corrected chi connectivity index (χ3v) is 2.91. The Labute approximate surface area is 101 Å². The molecule has 1 heterocycles. The maximum absolute atomic E-state index is 11.8. The zero-order valence-corrected chi connectivity index (χ0v) is 10.2. The quantitative estimate of drug-likeness (QED) is 0.761. The minimum Gasteiger partial charge on any atom is -0.385 e. The number of fused-ring (bicyclic) bond motifs is 1. The van der Waals surface area contributed by atoms with Gasteiger partial charge in [0.1, 0.15) is 6.04 Å². The third-order valence-electron chi connectivity index (χ3n) is 2.91. The number of hydrogen-bond donors (Lipinski definition) is 2. The molecule has 1 aliphatic rings. The highest BCUT2D eigenvalue weighted by molar-refractivity contribution is 6.02. The van der Waals surface area contributed by atoms with E-state index in [1.165, 1.54) is 5.56 Å². The van der Waals surface area contributed by atoms with Gasteiger partial charge in [-0.15, -0.1) is 0 Å². The molecule has 0 saturated heterocycles. The molecule has 0 saturated carbocycles. The van der Waals surface area contributed by atoms with Crippen LogP contribution in [-0.2, 0) is 9.53 Å². The van der Waals surface area contributed by atoms with Crippen LogP contribution >= 0.6 is 0 Å². The van der Waals surface area contributed by atoms with E-state index < -0.39 is 0 Å². The normalized spacial score (nSPS) is 18.0. The Bertz CT molecular complexity index is 418. The number of ether oxygens (including phenoxy) is 1. The van der Waals surface area contributed by atoms with Crippen molar-refractivity contribution >= 4 is 11.6 Å². The number of aryl methyl sites for hydroxylation is 1. The van der Waals surface area contributed by atoms with E-state index in [0.29, 0.717) is 6.61 Å². The van der Waals surface area contributed by atoms with E-state index in [2.05, 4.69) is 16.7 Å². The first-order valence-corrected chi connectivity index (χ1v) is 5.86. The van der Waals surface area contributed by atoms with Crippen molar-refractivity contribution in [3.63, 3.8) is 0 Å². The van der Waals surface area contributed by atoms with Crippen LogP contribution in [0.1, 0.15) is 23.6 Å². The average Bonchev–Trinajstić information content (AvgIpc) is 2.61. The molecule has 0 fully saturated rings. The first-order chi connectivity index (χ1) is 8.22. The van der Waals surface area contributed by atoms with Gasteiger partial charge in [0.2, 0.25) is 5.91 Å². The summed E-state index contributed by atoms with van der Waals surface area (Å²) < 4.78 is 4.98. The van der Waals surface area contributed by atoms with Crippen LogP contribution in [-0.4, -0.2) is 26.2 Å². The highest BCUT2D eigenvalue weighted by Crippen LogP contribution is 2.31. The number of methoxy groups -OCH3 is 1. The largest absolute Gasteiger partial charge is 0.385 e. The van der Waals surface area contributed by atoms with Crippen molar-refractivity contribution in [2.24, 2.45) is 0 Å². The predicted molar refractivity (Wildman–Crippen MR) is 67.0 cm³/mol. The summed E-state index contributed by atoms with van der Waals surface area (Å²) in [4.78, 5) is 11.8. The Hall–Kier alpha value is -1.39. The maximum atomic E-state index is 11.8. The van der Waals surface area contributed by atoms with E-state index in [-0.39, 0.29) is 11.9 Å². The van der Waals surface area contributed by atoms with E-state index in [1.54, 1.807) is 7.11 Å². The molecule has 1 atom stereocenters.